The monoisotopic (exact) mass is 320 g/mol. The SMILES string of the molecule is CC1COC(C2CCC(C3CC(F)C(F)C(F)C3)CC2)OC1. The Kier molecular flexibility index (Phi) is 5.33. The van der Waals surface area contributed by atoms with Crippen LogP contribution in [0, 0.1) is 23.7 Å². The number of hydrogen-bond acceptors (Lipinski definition) is 2. The number of halogens is 3. The molecule has 3 fully saturated rings. The van der Waals surface area contributed by atoms with E-state index in [0.717, 1.165) is 38.9 Å². The largest absolute Gasteiger partial charge is 0.352 e. The van der Waals surface area contributed by atoms with Gasteiger partial charge in [0.05, 0.1) is 13.2 Å². The van der Waals surface area contributed by atoms with Crippen molar-refractivity contribution in [2.75, 3.05) is 13.2 Å². The summed E-state index contributed by atoms with van der Waals surface area (Å²) < 4.78 is 52.0. The highest BCUT2D eigenvalue weighted by Crippen LogP contribution is 2.43. The van der Waals surface area contributed by atoms with E-state index in [0.29, 0.717) is 17.8 Å². The summed E-state index contributed by atoms with van der Waals surface area (Å²) in [7, 11) is 0. The van der Waals surface area contributed by atoms with E-state index in [1.165, 1.54) is 0 Å². The summed E-state index contributed by atoms with van der Waals surface area (Å²) in [6.07, 6.45) is -1.05. The Hall–Kier alpha value is -0.290. The molecule has 2 unspecified atom stereocenters. The molecule has 1 heterocycles. The van der Waals surface area contributed by atoms with Crippen molar-refractivity contribution in [3.8, 4) is 0 Å². The molecule has 0 aromatic heterocycles. The molecule has 1 saturated heterocycles. The Morgan fingerprint density at radius 3 is 1.77 bits per heavy atom. The van der Waals surface area contributed by atoms with Gasteiger partial charge in [0.25, 0.3) is 0 Å². The maximum Gasteiger partial charge on any atom is 0.162 e. The van der Waals surface area contributed by atoms with Crippen molar-refractivity contribution in [3.05, 3.63) is 0 Å². The summed E-state index contributed by atoms with van der Waals surface area (Å²) >= 11 is 0. The molecule has 0 aromatic carbocycles. The molecule has 0 spiro atoms. The highest BCUT2D eigenvalue weighted by atomic mass is 19.2. The quantitative estimate of drug-likeness (QED) is 0.758. The molecule has 2 nitrogen and oxygen atoms in total. The average Bonchev–Trinajstić information content (AvgIpc) is 2.53. The molecule has 0 bridgehead atoms. The summed E-state index contributed by atoms with van der Waals surface area (Å²) in [6, 6.07) is 0. The van der Waals surface area contributed by atoms with Gasteiger partial charge in [0, 0.05) is 11.8 Å². The fraction of sp³-hybridized carbons (Fsp3) is 1.00. The van der Waals surface area contributed by atoms with Crippen LogP contribution in [0.5, 0.6) is 0 Å². The van der Waals surface area contributed by atoms with Crippen LogP contribution in [0.25, 0.3) is 0 Å². The second-order valence-electron chi connectivity index (χ2n) is 7.52. The maximum absolute atomic E-state index is 13.6. The van der Waals surface area contributed by atoms with E-state index in [1.54, 1.807) is 0 Å². The van der Waals surface area contributed by atoms with Crippen LogP contribution in [-0.2, 0) is 9.47 Å². The Bertz CT molecular complexity index is 340. The zero-order valence-corrected chi connectivity index (χ0v) is 13.2. The third-order valence-corrected chi connectivity index (χ3v) is 5.70. The molecule has 0 amide bonds. The van der Waals surface area contributed by atoms with Gasteiger partial charge < -0.3 is 9.47 Å². The Morgan fingerprint density at radius 2 is 1.23 bits per heavy atom. The van der Waals surface area contributed by atoms with Crippen LogP contribution in [0.15, 0.2) is 0 Å². The fourth-order valence-electron chi connectivity index (χ4n) is 4.32. The zero-order chi connectivity index (χ0) is 15.7. The smallest absolute Gasteiger partial charge is 0.162 e. The molecule has 3 rings (SSSR count). The lowest BCUT2D eigenvalue weighted by molar-refractivity contribution is -0.227. The zero-order valence-electron chi connectivity index (χ0n) is 13.2. The normalized spacial score (nSPS) is 50.7. The first-order chi connectivity index (χ1) is 10.5. The van der Waals surface area contributed by atoms with Crippen LogP contribution in [0.4, 0.5) is 13.2 Å². The van der Waals surface area contributed by atoms with Crippen LogP contribution < -0.4 is 0 Å². The standard InChI is InChI=1S/C17H27F3O2/c1-10-8-21-17(22-9-10)12-4-2-11(3-5-12)13-6-14(18)16(20)15(19)7-13/h10-17H,2-9H2,1H3. The van der Waals surface area contributed by atoms with Gasteiger partial charge in [0.1, 0.15) is 12.3 Å². The van der Waals surface area contributed by atoms with E-state index in [9.17, 15) is 13.2 Å². The minimum atomic E-state index is -1.92. The molecule has 2 saturated carbocycles. The molecule has 1 aliphatic heterocycles. The van der Waals surface area contributed by atoms with Gasteiger partial charge in [-0.3, -0.25) is 0 Å². The van der Waals surface area contributed by atoms with Crippen molar-refractivity contribution in [1.82, 2.24) is 0 Å². The van der Waals surface area contributed by atoms with Crippen molar-refractivity contribution < 1.29 is 22.6 Å². The Labute approximate surface area is 130 Å². The summed E-state index contributed by atoms with van der Waals surface area (Å²) in [6.45, 7) is 3.60. The molecule has 0 radical (unpaired) electrons. The van der Waals surface area contributed by atoms with Crippen LogP contribution in [0.2, 0.25) is 0 Å². The third kappa shape index (κ3) is 3.61. The second kappa shape index (κ2) is 7.08. The second-order valence-corrected chi connectivity index (χ2v) is 7.52. The van der Waals surface area contributed by atoms with Gasteiger partial charge in [-0.05, 0) is 50.4 Å². The van der Waals surface area contributed by atoms with E-state index in [1.807, 2.05) is 0 Å². The fourth-order valence-corrected chi connectivity index (χ4v) is 4.32. The number of hydrogen-bond donors (Lipinski definition) is 0. The van der Waals surface area contributed by atoms with E-state index in [2.05, 4.69) is 6.92 Å². The van der Waals surface area contributed by atoms with Crippen molar-refractivity contribution in [2.24, 2.45) is 23.7 Å². The number of rotatable bonds is 2. The molecule has 2 atom stereocenters. The molecule has 3 aliphatic rings. The van der Waals surface area contributed by atoms with E-state index < -0.39 is 18.5 Å². The van der Waals surface area contributed by atoms with Crippen molar-refractivity contribution >= 4 is 0 Å². The van der Waals surface area contributed by atoms with Gasteiger partial charge in [0.15, 0.2) is 12.5 Å². The minimum absolute atomic E-state index is 0.00818. The first kappa shape index (κ1) is 16.6. The first-order valence-electron chi connectivity index (χ1n) is 8.70. The molecule has 2 aliphatic carbocycles. The van der Waals surface area contributed by atoms with Gasteiger partial charge in [-0.2, -0.15) is 0 Å². The molecular weight excluding hydrogens is 293 g/mol. The van der Waals surface area contributed by atoms with Crippen molar-refractivity contribution in [3.63, 3.8) is 0 Å². The number of alkyl halides is 3. The lowest BCUT2D eigenvalue weighted by atomic mass is 9.70. The van der Waals surface area contributed by atoms with Gasteiger partial charge >= 0.3 is 0 Å². The molecular formula is C17H27F3O2. The number of ether oxygens (including phenoxy) is 2. The van der Waals surface area contributed by atoms with Crippen LogP contribution in [0.3, 0.4) is 0 Å². The molecule has 128 valence electrons. The van der Waals surface area contributed by atoms with Crippen molar-refractivity contribution in [2.45, 2.75) is 70.3 Å². The van der Waals surface area contributed by atoms with Crippen molar-refractivity contribution in [1.29, 1.82) is 0 Å². The first-order valence-corrected chi connectivity index (χ1v) is 8.70. The molecule has 5 heteroatoms. The van der Waals surface area contributed by atoms with Crippen LogP contribution in [0.1, 0.15) is 45.4 Å². The minimum Gasteiger partial charge on any atom is -0.352 e. The third-order valence-electron chi connectivity index (χ3n) is 5.70. The summed E-state index contributed by atoms with van der Waals surface area (Å²) in [5.74, 6) is 1.16. The van der Waals surface area contributed by atoms with Crippen LogP contribution >= 0.6 is 0 Å². The highest BCUT2D eigenvalue weighted by molar-refractivity contribution is 4.91. The maximum atomic E-state index is 13.6. The predicted molar refractivity (Wildman–Crippen MR) is 77.7 cm³/mol. The summed E-state index contributed by atoms with van der Waals surface area (Å²) in [5, 5.41) is 0. The van der Waals surface area contributed by atoms with Crippen LogP contribution in [-0.4, -0.2) is 38.0 Å². The average molecular weight is 320 g/mol. The molecule has 0 aromatic rings. The van der Waals surface area contributed by atoms with Gasteiger partial charge in [-0.1, -0.05) is 6.92 Å². The lowest BCUT2D eigenvalue weighted by Gasteiger charge is -2.41. The lowest BCUT2D eigenvalue weighted by Crippen LogP contribution is -2.42. The molecule has 22 heavy (non-hydrogen) atoms. The van der Waals surface area contributed by atoms with E-state index in [4.69, 9.17) is 9.47 Å². The van der Waals surface area contributed by atoms with Gasteiger partial charge in [-0.25, -0.2) is 13.2 Å². The van der Waals surface area contributed by atoms with Gasteiger partial charge in [0.2, 0.25) is 0 Å². The Morgan fingerprint density at radius 1 is 0.727 bits per heavy atom. The van der Waals surface area contributed by atoms with E-state index in [-0.39, 0.29) is 25.0 Å². The Balaban J connectivity index is 1.47. The van der Waals surface area contributed by atoms with Gasteiger partial charge in [-0.15, -0.1) is 0 Å². The topological polar surface area (TPSA) is 18.5 Å². The predicted octanol–water partition coefficient (Wildman–Crippen LogP) is 4.23. The summed E-state index contributed by atoms with van der Waals surface area (Å²) in [4.78, 5) is 0. The molecule has 0 N–H and O–H groups in total. The van der Waals surface area contributed by atoms with E-state index >= 15 is 0 Å². The summed E-state index contributed by atoms with van der Waals surface area (Å²) in [5.41, 5.74) is 0. The highest BCUT2D eigenvalue weighted by Gasteiger charge is 2.42.